The molecule has 0 spiro atoms. The Morgan fingerprint density at radius 1 is 1.32 bits per heavy atom. The summed E-state index contributed by atoms with van der Waals surface area (Å²) in [6.07, 6.45) is 3.38. The monoisotopic (exact) mass is 304 g/mol. The molecule has 1 aromatic rings. The quantitative estimate of drug-likeness (QED) is 0.889. The summed E-state index contributed by atoms with van der Waals surface area (Å²) < 4.78 is 5.79. The van der Waals surface area contributed by atoms with Crippen molar-refractivity contribution in [3.8, 4) is 0 Å². The maximum atomic E-state index is 12.7. The number of hydrogen-bond acceptors (Lipinski definition) is 5. The first-order valence-electron chi connectivity index (χ1n) is 8.00. The van der Waals surface area contributed by atoms with Crippen LogP contribution in [-0.4, -0.2) is 46.0 Å². The van der Waals surface area contributed by atoms with E-state index in [1.807, 2.05) is 24.8 Å². The highest BCUT2D eigenvalue weighted by atomic mass is 16.5. The van der Waals surface area contributed by atoms with Crippen LogP contribution in [0.1, 0.15) is 49.0 Å². The molecule has 2 heterocycles. The van der Waals surface area contributed by atoms with Crippen LogP contribution in [-0.2, 0) is 9.53 Å². The van der Waals surface area contributed by atoms with E-state index in [9.17, 15) is 4.79 Å². The van der Waals surface area contributed by atoms with Gasteiger partial charge in [-0.3, -0.25) is 4.79 Å². The minimum absolute atomic E-state index is 0.0580. The first kappa shape index (κ1) is 15.4. The third-order valence-electron chi connectivity index (χ3n) is 4.56. The highest BCUT2D eigenvalue weighted by Crippen LogP contribution is 2.30. The summed E-state index contributed by atoms with van der Waals surface area (Å²) in [5.41, 5.74) is 7.46. The number of amides is 1. The maximum absolute atomic E-state index is 12.7. The minimum Gasteiger partial charge on any atom is -0.367 e. The minimum atomic E-state index is -0.675. The van der Waals surface area contributed by atoms with Gasteiger partial charge in [0.05, 0.1) is 18.7 Å². The molecule has 1 saturated heterocycles. The number of carbonyl (C=O) groups excluding carboxylic acids is 1. The normalized spacial score (nSPS) is 24.5. The Morgan fingerprint density at radius 3 is 2.59 bits per heavy atom. The molecule has 6 nitrogen and oxygen atoms in total. The molecule has 3 rings (SSSR count). The van der Waals surface area contributed by atoms with Crippen LogP contribution in [0.3, 0.4) is 0 Å². The Morgan fingerprint density at radius 2 is 1.95 bits per heavy atom. The number of nitrogens with two attached hydrogens (primary N) is 1. The smallest absolute Gasteiger partial charge is 0.242 e. The Balaban J connectivity index is 1.75. The fourth-order valence-electron chi connectivity index (χ4n) is 3.42. The van der Waals surface area contributed by atoms with Crippen molar-refractivity contribution < 1.29 is 9.53 Å². The third kappa shape index (κ3) is 2.98. The van der Waals surface area contributed by atoms with Gasteiger partial charge in [0, 0.05) is 17.9 Å². The SMILES string of the molecule is Cc1cc(C)nc([C@@H]2CN(C(=O)C3(N)CCCC3)CCO2)n1. The largest absolute Gasteiger partial charge is 0.367 e. The molecule has 22 heavy (non-hydrogen) atoms. The number of rotatable bonds is 2. The number of nitrogens with zero attached hydrogens (tertiary/aromatic N) is 3. The predicted molar refractivity (Wildman–Crippen MR) is 82.2 cm³/mol. The molecule has 1 aromatic heterocycles. The van der Waals surface area contributed by atoms with Crippen LogP contribution in [0.4, 0.5) is 0 Å². The topological polar surface area (TPSA) is 81.3 Å². The molecule has 1 aliphatic heterocycles. The average molecular weight is 304 g/mol. The number of morpholine rings is 1. The van der Waals surface area contributed by atoms with E-state index in [1.54, 1.807) is 0 Å². The molecule has 1 saturated carbocycles. The van der Waals surface area contributed by atoms with Gasteiger partial charge in [-0.1, -0.05) is 12.8 Å². The lowest BCUT2D eigenvalue weighted by Gasteiger charge is -2.37. The number of ether oxygens (including phenoxy) is 1. The van der Waals surface area contributed by atoms with E-state index in [2.05, 4.69) is 9.97 Å². The Labute approximate surface area is 131 Å². The Hall–Kier alpha value is -1.53. The molecule has 0 radical (unpaired) electrons. The highest BCUT2D eigenvalue weighted by Gasteiger charge is 2.41. The van der Waals surface area contributed by atoms with Gasteiger partial charge in [0.1, 0.15) is 6.10 Å². The molecule has 1 atom stereocenters. The maximum Gasteiger partial charge on any atom is 0.242 e. The second kappa shape index (κ2) is 5.93. The van der Waals surface area contributed by atoms with Crippen LogP contribution in [0.2, 0.25) is 0 Å². The summed E-state index contributed by atoms with van der Waals surface area (Å²) in [6.45, 7) is 5.47. The van der Waals surface area contributed by atoms with Crippen LogP contribution < -0.4 is 5.73 Å². The van der Waals surface area contributed by atoms with Gasteiger partial charge in [-0.05, 0) is 32.8 Å². The Bertz CT molecular complexity index is 549. The fraction of sp³-hybridized carbons (Fsp3) is 0.688. The van der Waals surface area contributed by atoms with Crippen molar-refractivity contribution in [3.05, 3.63) is 23.3 Å². The van der Waals surface area contributed by atoms with Gasteiger partial charge in [-0.15, -0.1) is 0 Å². The first-order valence-corrected chi connectivity index (χ1v) is 8.00. The second-order valence-corrected chi connectivity index (χ2v) is 6.48. The summed E-state index contributed by atoms with van der Waals surface area (Å²) in [5, 5.41) is 0. The molecule has 1 amide bonds. The summed E-state index contributed by atoms with van der Waals surface area (Å²) >= 11 is 0. The zero-order chi connectivity index (χ0) is 15.7. The number of aryl methyl sites for hydroxylation is 2. The van der Waals surface area contributed by atoms with E-state index < -0.39 is 5.54 Å². The predicted octanol–water partition coefficient (Wildman–Crippen LogP) is 1.26. The van der Waals surface area contributed by atoms with Gasteiger partial charge >= 0.3 is 0 Å². The molecule has 0 unspecified atom stereocenters. The zero-order valence-electron chi connectivity index (χ0n) is 13.3. The standard InChI is InChI=1S/C16H24N4O2/c1-11-9-12(2)19-14(18-11)13-10-20(7-8-22-13)15(21)16(17)5-3-4-6-16/h9,13H,3-8,10,17H2,1-2H3/t13-/m0/s1. The van der Waals surface area contributed by atoms with Crippen molar-refractivity contribution >= 4 is 5.91 Å². The van der Waals surface area contributed by atoms with Gasteiger partial charge < -0.3 is 15.4 Å². The Kier molecular flexibility index (Phi) is 4.14. The second-order valence-electron chi connectivity index (χ2n) is 6.48. The summed E-state index contributed by atoms with van der Waals surface area (Å²) in [7, 11) is 0. The summed E-state index contributed by atoms with van der Waals surface area (Å²) in [6, 6.07) is 1.93. The molecule has 6 heteroatoms. The molecular formula is C16H24N4O2. The fourth-order valence-corrected chi connectivity index (χ4v) is 3.42. The summed E-state index contributed by atoms with van der Waals surface area (Å²) in [4.78, 5) is 23.5. The van der Waals surface area contributed by atoms with Crippen LogP contribution in [0.25, 0.3) is 0 Å². The van der Waals surface area contributed by atoms with E-state index in [1.165, 1.54) is 0 Å². The molecule has 1 aliphatic carbocycles. The van der Waals surface area contributed by atoms with Crippen molar-refractivity contribution in [2.45, 2.75) is 51.2 Å². The molecule has 2 N–H and O–H groups in total. The lowest BCUT2D eigenvalue weighted by molar-refractivity contribution is -0.145. The van der Waals surface area contributed by atoms with Gasteiger partial charge in [0.15, 0.2) is 5.82 Å². The van der Waals surface area contributed by atoms with Crippen molar-refractivity contribution in [1.29, 1.82) is 0 Å². The van der Waals surface area contributed by atoms with E-state index in [4.69, 9.17) is 10.5 Å². The lowest BCUT2D eigenvalue weighted by atomic mass is 9.96. The molecule has 0 bridgehead atoms. The van der Waals surface area contributed by atoms with Crippen LogP contribution >= 0.6 is 0 Å². The molecule has 0 aromatic carbocycles. The van der Waals surface area contributed by atoms with Gasteiger partial charge in [-0.2, -0.15) is 0 Å². The van der Waals surface area contributed by atoms with Crippen molar-refractivity contribution in [2.24, 2.45) is 5.73 Å². The van der Waals surface area contributed by atoms with Crippen LogP contribution in [0.5, 0.6) is 0 Å². The van der Waals surface area contributed by atoms with Crippen LogP contribution in [0, 0.1) is 13.8 Å². The van der Waals surface area contributed by atoms with Gasteiger partial charge in [-0.25, -0.2) is 9.97 Å². The number of hydrogen-bond donors (Lipinski definition) is 1. The van der Waals surface area contributed by atoms with E-state index in [0.717, 1.165) is 37.1 Å². The molecule has 120 valence electrons. The van der Waals surface area contributed by atoms with Crippen LogP contribution in [0.15, 0.2) is 6.07 Å². The van der Waals surface area contributed by atoms with Gasteiger partial charge in [0.25, 0.3) is 0 Å². The number of aromatic nitrogens is 2. The molecule has 2 fully saturated rings. The number of carbonyl (C=O) groups is 1. The summed E-state index contributed by atoms with van der Waals surface area (Å²) in [5.74, 6) is 0.718. The zero-order valence-corrected chi connectivity index (χ0v) is 13.3. The van der Waals surface area contributed by atoms with E-state index in [0.29, 0.717) is 25.5 Å². The average Bonchev–Trinajstić information content (AvgIpc) is 2.94. The molecule has 2 aliphatic rings. The third-order valence-corrected chi connectivity index (χ3v) is 4.56. The van der Waals surface area contributed by atoms with Crippen molar-refractivity contribution in [1.82, 2.24) is 14.9 Å². The highest BCUT2D eigenvalue weighted by molar-refractivity contribution is 5.86. The van der Waals surface area contributed by atoms with E-state index >= 15 is 0 Å². The lowest BCUT2D eigenvalue weighted by Crippen LogP contribution is -2.56. The van der Waals surface area contributed by atoms with Crippen molar-refractivity contribution in [3.63, 3.8) is 0 Å². The van der Waals surface area contributed by atoms with Gasteiger partial charge in [0.2, 0.25) is 5.91 Å². The molecular weight excluding hydrogens is 280 g/mol. The van der Waals surface area contributed by atoms with E-state index in [-0.39, 0.29) is 12.0 Å². The van der Waals surface area contributed by atoms with Crippen molar-refractivity contribution in [2.75, 3.05) is 19.7 Å². The first-order chi connectivity index (χ1) is 10.5.